The van der Waals surface area contributed by atoms with Crippen molar-refractivity contribution >= 4 is 29.5 Å². The zero-order valence-corrected chi connectivity index (χ0v) is 25.0. The minimum absolute atomic E-state index is 0.0850. The number of hydrogen-bond donors (Lipinski definition) is 0. The Morgan fingerprint density at radius 2 is 1.56 bits per heavy atom. The molecule has 9 nitrogen and oxygen atoms in total. The van der Waals surface area contributed by atoms with Crippen LogP contribution in [0.5, 0.6) is 5.75 Å². The second-order valence-corrected chi connectivity index (χ2v) is 12.7. The molecule has 0 radical (unpaired) electrons. The summed E-state index contributed by atoms with van der Waals surface area (Å²) in [5.74, 6) is -0.293. The van der Waals surface area contributed by atoms with Gasteiger partial charge in [-0.1, -0.05) is 18.2 Å². The molecule has 2 aliphatic heterocycles. The fraction of sp³-hybridized carbons (Fsp3) is 0.531. The number of urea groups is 1. The van der Waals surface area contributed by atoms with Gasteiger partial charge in [0.15, 0.2) is 0 Å². The third-order valence-corrected chi connectivity index (χ3v) is 7.14. The van der Waals surface area contributed by atoms with Gasteiger partial charge in [0.1, 0.15) is 17.0 Å². The van der Waals surface area contributed by atoms with E-state index in [0.29, 0.717) is 50.5 Å². The quantitative estimate of drug-likeness (QED) is 0.387. The number of hydrogen-bond acceptors (Lipinski definition) is 6. The number of methoxy groups -OCH3 is 1. The Bertz CT molecular complexity index is 1290. The van der Waals surface area contributed by atoms with Crippen molar-refractivity contribution < 1.29 is 30.0 Å². The third-order valence-electron chi connectivity index (χ3n) is 7.14. The normalized spacial score (nSPS) is 18.8. The van der Waals surface area contributed by atoms with E-state index in [9.17, 15) is 14.4 Å². The molecule has 0 aliphatic carbocycles. The van der Waals surface area contributed by atoms with E-state index >= 15 is 0 Å². The molecular weight excluding hydrogens is 522 g/mol. The molecule has 0 aromatic heterocycles. The van der Waals surface area contributed by atoms with Gasteiger partial charge in [0.05, 0.1) is 14.4 Å². The average Bonchev–Trinajstić information content (AvgIpc) is 3.53. The Balaban J connectivity index is 1.51. The van der Waals surface area contributed by atoms with Crippen LogP contribution in [0.25, 0.3) is 0 Å². The molecule has 222 valence electrons. The third kappa shape index (κ3) is 7.71. The minimum atomic E-state index is -0.644. The maximum Gasteiger partial charge on any atom is 0.410 e. The van der Waals surface area contributed by atoms with Crippen molar-refractivity contribution in [2.24, 2.45) is 11.8 Å². The molecule has 2 aromatic rings. The first-order valence-corrected chi connectivity index (χ1v) is 14.1. The van der Waals surface area contributed by atoms with Gasteiger partial charge in [0.2, 0.25) is 0 Å². The molecule has 2 saturated heterocycles. The second-order valence-electron chi connectivity index (χ2n) is 12.7. The Morgan fingerprint density at radius 1 is 0.927 bits per heavy atom. The summed E-state index contributed by atoms with van der Waals surface area (Å²) in [6, 6.07) is 14.7. The van der Waals surface area contributed by atoms with Crippen LogP contribution in [0.1, 0.15) is 54.9 Å². The summed E-state index contributed by atoms with van der Waals surface area (Å²) in [4.78, 5) is 44.7. The van der Waals surface area contributed by atoms with Crippen LogP contribution in [-0.2, 0) is 20.7 Å². The van der Waals surface area contributed by atoms with Gasteiger partial charge in [-0.3, -0.25) is 14.6 Å². The van der Waals surface area contributed by atoms with Gasteiger partial charge in [0.25, 0.3) is 0 Å². The highest BCUT2D eigenvalue weighted by molar-refractivity contribution is 6.06. The Labute approximate surface area is 244 Å². The summed E-state index contributed by atoms with van der Waals surface area (Å²) >= 11 is 0. The van der Waals surface area contributed by atoms with Crippen LogP contribution in [0.4, 0.5) is 21.0 Å². The van der Waals surface area contributed by atoms with Crippen molar-refractivity contribution in [3.63, 3.8) is 0 Å². The van der Waals surface area contributed by atoms with Crippen molar-refractivity contribution in [3.05, 3.63) is 54.1 Å². The first kappa shape index (κ1) is 28.8. The van der Waals surface area contributed by atoms with E-state index in [1.807, 2.05) is 71.9 Å². The van der Waals surface area contributed by atoms with E-state index in [2.05, 4.69) is 0 Å². The van der Waals surface area contributed by atoms with Crippen molar-refractivity contribution in [1.29, 1.82) is 0 Å². The first-order chi connectivity index (χ1) is 19.7. The monoisotopic (exact) mass is 567 g/mol. The summed E-state index contributed by atoms with van der Waals surface area (Å²) in [5, 5.41) is 0. The van der Waals surface area contributed by atoms with Gasteiger partial charge in [-0.2, -0.15) is 0 Å². The highest BCUT2D eigenvalue weighted by Crippen LogP contribution is 2.33. The smallest absolute Gasteiger partial charge is 0.410 e. The number of esters is 1. The molecule has 3 amide bonds. The molecule has 9 heteroatoms. The standard InChI is InChI=1S/C32H43N3O6/c1-31(2,3)40-28(36)27(23-14-15-33(21-23)30(38)41-32(4,5)6)19-22-10-8-11-24(18-22)34-16-17-35(29(34)37)25-12-9-13-26(20-25)39-7/h8-13,18,20,23,27H,14-17,19,21H2,1-7H3/t23-,27-/m0/s1/i7T. The molecule has 0 bridgehead atoms. The van der Waals surface area contributed by atoms with Crippen molar-refractivity contribution in [1.82, 2.24) is 4.90 Å². The molecule has 2 aromatic carbocycles. The minimum Gasteiger partial charge on any atom is -0.497 e. The molecule has 0 spiro atoms. The molecule has 41 heavy (non-hydrogen) atoms. The molecule has 2 aliphatic rings. The molecule has 2 fully saturated rings. The Hall–Kier alpha value is -3.75. The number of carbonyl (C=O) groups excluding carboxylic acids is 3. The number of benzene rings is 2. The van der Waals surface area contributed by atoms with Crippen molar-refractivity contribution in [2.45, 2.75) is 65.6 Å². The lowest BCUT2D eigenvalue weighted by molar-refractivity contribution is -0.161. The lowest BCUT2D eigenvalue weighted by Gasteiger charge is -2.28. The highest BCUT2D eigenvalue weighted by atomic mass is 16.6. The predicted octanol–water partition coefficient (Wildman–Crippen LogP) is 5.90. The lowest BCUT2D eigenvalue weighted by Crippen LogP contribution is -2.38. The maximum absolute atomic E-state index is 13.5. The van der Waals surface area contributed by atoms with Crippen molar-refractivity contribution in [2.75, 3.05) is 43.1 Å². The average molecular weight is 568 g/mol. The van der Waals surface area contributed by atoms with E-state index in [0.717, 1.165) is 11.3 Å². The summed E-state index contributed by atoms with van der Waals surface area (Å²) in [6.07, 6.45) is 0.725. The van der Waals surface area contributed by atoms with Crippen LogP contribution >= 0.6 is 0 Å². The van der Waals surface area contributed by atoms with Crippen LogP contribution in [-0.4, -0.2) is 67.5 Å². The molecule has 0 N–H and O–H groups in total. The highest BCUT2D eigenvalue weighted by Gasteiger charge is 2.39. The van der Waals surface area contributed by atoms with E-state index in [-0.39, 0.29) is 31.1 Å². The maximum atomic E-state index is 13.5. The summed E-state index contributed by atoms with van der Waals surface area (Å²) in [6.45, 7) is 13.0. The summed E-state index contributed by atoms with van der Waals surface area (Å²) in [7, 11) is -0.194. The van der Waals surface area contributed by atoms with Crippen LogP contribution in [0.15, 0.2) is 48.5 Å². The van der Waals surface area contributed by atoms with Crippen LogP contribution in [0.3, 0.4) is 0 Å². The fourth-order valence-electron chi connectivity index (χ4n) is 5.29. The van der Waals surface area contributed by atoms with Gasteiger partial charge in [-0.25, -0.2) is 9.59 Å². The zero-order valence-electron chi connectivity index (χ0n) is 26.0. The van der Waals surface area contributed by atoms with E-state index in [1.54, 1.807) is 32.9 Å². The fourth-order valence-corrected chi connectivity index (χ4v) is 5.29. The van der Waals surface area contributed by atoms with Crippen molar-refractivity contribution in [3.8, 4) is 5.75 Å². The molecule has 0 unspecified atom stereocenters. The van der Waals surface area contributed by atoms with E-state index < -0.39 is 17.1 Å². The number of amides is 3. The SMILES string of the molecule is [3H]COc1cccc(N2CCN(c3cccc(C[C@H](C(=O)OC(C)(C)C)[C@H]4CCN(C(=O)OC(C)(C)C)C4)c3)C2=O)c1. The summed E-state index contributed by atoms with van der Waals surface area (Å²) < 4.78 is 24.0. The summed E-state index contributed by atoms with van der Waals surface area (Å²) in [5.41, 5.74) is 1.14. The number of nitrogens with zero attached hydrogens (tertiary/aromatic N) is 3. The molecule has 4 rings (SSSR count). The molecular formula is C32H43N3O6. The predicted molar refractivity (Wildman–Crippen MR) is 158 cm³/mol. The number of likely N-dealkylation sites (tertiary alicyclic amines) is 1. The van der Waals surface area contributed by atoms with Gasteiger partial charge in [-0.15, -0.1) is 0 Å². The molecule has 0 saturated carbocycles. The van der Waals surface area contributed by atoms with Crippen LogP contribution < -0.4 is 14.5 Å². The van der Waals surface area contributed by atoms with E-state index in [1.165, 1.54) is 0 Å². The molecule has 2 atom stereocenters. The van der Waals surface area contributed by atoms with Gasteiger partial charge < -0.3 is 19.1 Å². The van der Waals surface area contributed by atoms with E-state index in [4.69, 9.17) is 15.6 Å². The largest absolute Gasteiger partial charge is 0.497 e. The van der Waals surface area contributed by atoms with Crippen LogP contribution in [0.2, 0.25) is 0 Å². The van der Waals surface area contributed by atoms with Gasteiger partial charge in [0, 0.05) is 43.6 Å². The van der Waals surface area contributed by atoms with Gasteiger partial charge >= 0.3 is 18.1 Å². The number of anilines is 2. The Kier molecular flexibility index (Phi) is 8.42. The lowest BCUT2D eigenvalue weighted by atomic mass is 9.86. The second kappa shape index (κ2) is 12.0. The van der Waals surface area contributed by atoms with Gasteiger partial charge in [-0.05, 0) is 90.1 Å². The number of ether oxygens (including phenoxy) is 3. The molecule has 2 heterocycles. The Morgan fingerprint density at radius 3 is 2.20 bits per heavy atom. The zero-order chi connectivity index (χ0) is 30.7. The number of carbonyl (C=O) groups is 3. The number of rotatable bonds is 7. The topological polar surface area (TPSA) is 88.6 Å². The first-order valence-electron chi connectivity index (χ1n) is 14.9. The van der Waals surface area contributed by atoms with Crippen LogP contribution in [0, 0.1) is 11.8 Å².